The summed E-state index contributed by atoms with van der Waals surface area (Å²) in [7, 11) is 0. The zero-order valence-corrected chi connectivity index (χ0v) is 24.3. The molecule has 8 nitrogen and oxygen atoms in total. The minimum Gasteiger partial charge on any atom is -0.461 e. The summed E-state index contributed by atoms with van der Waals surface area (Å²) in [6.07, 6.45) is -2.05. The SMILES string of the molecule is Nc1cc(-c2c(Cl)cc3c(N4CC5CCC(C4)N5)nc(OC[C@@]45CCCN4C[C@H](F)C5)nc3c2F)c(C(F)(F)F)c(Cl)n1. The summed E-state index contributed by atoms with van der Waals surface area (Å²) < 4.78 is 79.4. The summed E-state index contributed by atoms with van der Waals surface area (Å²) in [4.78, 5) is 16.6. The Morgan fingerprint density at radius 1 is 1.09 bits per heavy atom. The van der Waals surface area contributed by atoms with Crippen LogP contribution in [0, 0.1) is 5.82 Å². The summed E-state index contributed by atoms with van der Waals surface area (Å²) in [5.74, 6) is -1.08. The molecule has 6 heterocycles. The fourth-order valence-corrected chi connectivity index (χ4v) is 7.93. The number of halogens is 7. The molecular formula is C28H28Cl2F5N7O. The van der Waals surface area contributed by atoms with Crippen LogP contribution < -0.4 is 20.7 Å². The maximum Gasteiger partial charge on any atom is 0.419 e. The van der Waals surface area contributed by atoms with Crippen LogP contribution in [-0.4, -0.2) is 76.4 Å². The second-order valence-corrected chi connectivity index (χ2v) is 12.7. The van der Waals surface area contributed by atoms with Crippen molar-refractivity contribution in [3.05, 3.63) is 33.7 Å². The molecule has 7 rings (SSSR count). The van der Waals surface area contributed by atoms with Crippen LogP contribution >= 0.6 is 23.2 Å². The first-order valence-electron chi connectivity index (χ1n) is 14.2. The number of nitrogen functional groups attached to an aromatic ring is 1. The highest BCUT2D eigenvalue weighted by Crippen LogP contribution is 2.47. The molecular weight excluding hydrogens is 616 g/mol. The number of piperazine rings is 1. The maximum absolute atomic E-state index is 16.6. The van der Waals surface area contributed by atoms with Crippen LogP contribution in [-0.2, 0) is 6.18 Å². The van der Waals surface area contributed by atoms with Crippen LogP contribution in [0.15, 0.2) is 12.1 Å². The summed E-state index contributed by atoms with van der Waals surface area (Å²) in [5, 5.41) is 2.54. The Bertz CT molecular complexity index is 1600. The van der Waals surface area contributed by atoms with E-state index in [4.69, 9.17) is 33.7 Å². The lowest BCUT2D eigenvalue weighted by Gasteiger charge is -2.34. The summed E-state index contributed by atoms with van der Waals surface area (Å²) in [6.45, 7) is 2.35. The highest BCUT2D eigenvalue weighted by molar-refractivity contribution is 6.35. The molecule has 4 aliphatic heterocycles. The lowest BCUT2D eigenvalue weighted by molar-refractivity contribution is -0.137. The molecule has 3 N–H and O–H groups in total. The van der Waals surface area contributed by atoms with Crippen LogP contribution in [0.1, 0.15) is 37.7 Å². The predicted molar refractivity (Wildman–Crippen MR) is 153 cm³/mol. The van der Waals surface area contributed by atoms with Gasteiger partial charge in [-0.3, -0.25) is 4.90 Å². The van der Waals surface area contributed by atoms with Crippen LogP contribution in [0.4, 0.5) is 33.6 Å². The van der Waals surface area contributed by atoms with Crippen molar-refractivity contribution in [2.24, 2.45) is 0 Å². The molecule has 2 aromatic heterocycles. The number of ether oxygens (including phenoxy) is 1. The summed E-state index contributed by atoms with van der Waals surface area (Å²) in [5.41, 5.74) is 2.37. The fourth-order valence-electron chi connectivity index (χ4n) is 7.33. The molecule has 0 saturated carbocycles. The molecule has 0 amide bonds. The molecule has 4 aliphatic rings. The Hall–Kier alpha value is -2.74. The van der Waals surface area contributed by atoms with Crippen molar-refractivity contribution in [2.45, 2.75) is 62.1 Å². The van der Waals surface area contributed by atoms with Crippen LogP contribution in [0.3, 0.4) is 0 Å². The Kier molecular flexibility index (Phi) is 7.03. The van der Waals surface area contributed by atoms with E-state index < -0.39 is 45.5 Å². The topological polar surface area (TPSA) is 92.4 Å². The first-order chi connectivity index (χ1) is 20.4. The average Bonchev–Trinajstić information content (AvgIpc) is 3.56. The lowest BCUT2D eigenvalue weighted by atomic mass is 9.95. The number of anilines is 2. The second kappa shape index (κ2) is 10.4. The number of fused-ring (bicyclic) bond motifs is 4. The average molecular weight is 644 g/mol. The van der Waals surface area contributed by atoms with Gasteiger partial charge in [0.05, 0.1) is 10.6 Å². The second-order valence-electron chi connectivity index (χ2n) is 11.9. The Morgan fingerprint density at radius 2 is 1.84 bits per heavy atom. The van der Waals surface area contributed by atoms with Gasteiger partial charge in [-0.2, -0.15) is 23.1 Å². The molecule has 4 saturated heterocycles. The van der Waals surface area contributed by atoms with Gasteiger partial charge in [0.1, 0.15) is 40.6 Å². The lowest BCUT2D eigenvalue weighted by Crippen LogP contribution is -2.51. The molecule has 0 radical (unpaired) electrons. The van der Waals surface area contributed by atoms with Gasteiger partial charge < -0.3 is 20.7 Å². The number of nitrogens with one attached hydrogen (secondary N) is 1. The van der Waals surface area contributed by atoms with Crippen molar-refractivity contribution in [3.63, 3.8) is 0 Å². The number of hydrogen-bond acceptors (Lipinski definition) is 8. The molecule has 3 aromatic rings. The Balaban J connectivity index is 1.38. The van der Waals surface area contributed by atoms with Crippen molar-refractivity contribution >= 4 is 45.7 Å². The van der Waals surface area contributed by atoms with Gasteiger partial charge in [0.15, 0.2) is 5.82 Å². The highest BCUT2D eigenvalue weighted by atomic mass is 35.5. The maximum atomic E-state index is 16.6. The van der Waals surface area contributed by atoms with Gasteiger partial charge in [-0.1, -0.05) is 23.2 Å². The van der Waals surface area contributed by atoms with Gasteiger partial charge in [-0.25, -0.2) is 13.8 Å². The van der Waals surface area contributed by atoms with Gasteiger partial charge in [-0.05, 0) is 44.4 Å². The molecule has 1 aromatic carbocycles. The van der Waals surface area contributed by atoms with E-state index in [1.807, 2.05) is 4.90 Å². The monoisotopic (exact) mass is 643 g/mol. The van der Waals surface area contributed by atoms with E-state index in [2.05, 4.69) is 25.2 Å². The fraction of sp³-hybridized carbons (Fsp3) is 0.536. The highest BCUT2D eigenvalue weighted by Gasteiger charge is 2.49. The van der Waals surface area contributed by atoms with E-state index in [0.717, 1.165) is 38.3 Å². The number of benzene rings is 1. The zero-order chi connectivity index (χ0) is 30.3. The number of pyridine rings is 1. The minimum atomic E-state index is -4.98. The van der Waals surface area contributed by atoms with Crippen LogP contribution in [0.5, 0.6) is 6.01 Å². The molecule has 4 atom stereocenters. The van der Waals surface area contributed by atoms with Gasteiger partial charge in [0, 0.05) is 54.7 Å². The molecule has 0 aliphatic carbocycles. The molecule has 2 unspecified atom stereocenters. The van der Waals surface area contributed by atoms with Gasteiger partial charge in [0.2, 0.25) is 0 Å². The van der Waals surface area contributed by atoms with Crippen molar-refractivity contribution in [1.29, 1.82) is 0 Å². The molecule has 230 valence electrons. The van der Waals surface area contributed by atoms with E-state index in [1.54, 1.807) is 0 Å². The molecule has 15 heteroatoms. The van der Waals surface area contributed by atoms with E-state index in [0.29, 0.717) is 31.9 Å². The third-order valence-corrected chi connectivity index (χ3v) is 9.71. The molecule has 4 fully saturated rings. The van der Waals surface area contributed by atoms with Crippen molar-refractivity contribution in [2.75, 3.05) is 43.4 Å². The van der Waals surface area contributed by atoms with Gasteiger partial charge in [0.25, 0.3) is 0 Å². The largest absolute Gasteiger partial charge is 0.461 e. The molecule has 43 heavy (non-hydrogen) atoms. The Labute approximate surface area is 253 Å². The van der Waals surface area contributed by atoms with E-state index in [9.17, 15) is 17.6 Å². The van der Waals surface area contributed by atoms with Crippen LogP contribution in [0.25, 0.3) is 22.0 Å². The Morgan fingerprint density at radius 3 is 2.56 bits per heavy atom. The number of aromatic nitrogens is 3. The number of hydrogen-bond donors (Lipinski definition) is 2. The minimum absolute atomic E-state index is 0.0992. The standard InChI is InChI=1S/C28H28Cl2F5N7O/c29-18-6-17-23(22(32)20(18)16-7-19(36)38-24(30)21(16)28(33,34)35)39-26(40-25(17)41-10-14-2-3-15(11-41)37-14)43-12-27-4-1-5-42(27)9-13(31)8-27/h6-7,13-15,37H,1-5,8-12H2,(H2,36,38)/t13-,14?,15?,27+/m1/s1. The number of nitrogens with zero attached hydrogens (tertiary/aromatic N) is 5. The normalized spacial score (nSPS) is 27.3. The third kappa shape index (κ3) is 5.01. The smallest absolute Gasteiger partial charge is 0.419 e. The van der Waals surface area contributed by atoms with Gasteiger partial charge in [-0.15, -0.1) is 0 Å². The number of rotatable bonds is 5. The number of alkyl halides is 4. The predicted octanol–water partition coefficient (Wildman–Crippen LogP) is 5.63. The quantitative estimate of drug-likeness (QED) is 0.273. The van der Waals surface area contributed by atoms with E-state index >= 15 is 4.39 Å². The third-order valence-electron chi connectivity index (χ3n) is 9.14. The number of nitrogens with two attached hydrogens (primary N) is 1. The summed E-state index contributed by atoms with van der Waals surface area (Å²) >= 11 is 12.4. The van der Waals surface area contributed by atoms with E-state index in [-0.39, 0.29) is 46.4 Å². The van der Waals surface area contributed by atoms with Crippen molar-refractivity contribution in [3.8, 4) is 17.1 Å². The zero-order valence-electron chi connectivity index (χ0n) is 22.8. The molecule has 2 bridgehead atoms. The van der Waals surface area contributed by atoms with Crippen molar-refractivity contribution in [1.82, 2.24) is 25.2 Å². The van der Waals surface area contributed by atoms with E-state index in [1.165, 1.54) is 6.07 Å². The van der Waals surface area contributed by atoms with Gasteiger partial charge >= 0.3 is 12.2 Å². The summed E-state index contributed by atoms with van der Waals surface area (Å²) in [6, 6.07) is 2.52. The van der Waals surface area contributed by atoms with Crippen LogP contribution in [0.2, 0.25) is 10.2 Å². The first kappa shape index (κ1) is 29.0. The first-order valence-corrected chi connectivity index (χ1v) is 14.9. The van der Waals surface area contributed by atoms with Crippen molar-refractivity contribution < 1.29 is 26.7 Å². The molecule has 0 spiro atoms.